The van der Waals surface area contributed by atoms with E-state index in [4.69, 9.17) is 22.3 Å². The van der Waals surface area contributed by atoms with E-state index in [1.165, 1.54) is 0 Å². The summed E-state index contributed by atoms with van der Waals surface area (Å²) in [6.45, 7) is 0. The maximum absolute atomic E-state index is 11.2. The molecule has 0 aliphatic carbocycles. The lowest BCUT2D eigenvalue weighted by molar-refractivity contribution is -0.158. The van der Waals surface area contributed by atoms with Gasteiger partial charge in [-0.15, -0.1) is 0 Å². The molecule has 6 heteroatoms. The van der Waals surface area contributed by atoms with Crippen LogP contribution in [0.25, 0.3) is 0 Å². The van der Waals surface area contributed by atoms with E-state index in [9.17, 15) is 4.79 Å². The van der Waals surface area contributed by atoms with Gasteiger partial charge in [-0.2, -0.15) is 0 Å². The van der Waals surface area contributed by atoms with Gasteiger partial charge >= 0.3 is 5.97 Å². The third kappa shape index (κ3) is 4.74. The molecule has 0 unspecified atom stereocenters. The number of aromatic hydroxyl groups is 1. The van der Waals surface area contributed by atoms with Gasteiger partial charge in [0.05, 0.1) is 0 Å². The van der Waals surface area contributed by atoms with Gasteiger partial charge in [-0.1, -0.05) is 12.1 Å². The van der Waals surface area contributed by atoms with Gasteiger partial charge in [-0.3, -0.25) is 22.0 Å². The van der Waals surface area contributed by atoms with E-state index in [1.54, 1.807) is 24.3 Å². The summed E-state index contributed by atoms with van der Waals surface area (Å²) in [7, 11) is 0. The number of phenols is 1. The molecule has 0 spiro atoms. The van der Waals surface area contributed by atoms with E-state index in [2.05, 4.69) is 4.74 Å². The summed E-state index contributed by atoms with van der Waals surface area (Å²) in [6, 6.07) is 6.51. The summed E-state index contributed by atoms with van der Waals surface area (Å²) < 4.78 is 4.53. The van der Waals surface area contributed by atoms with Gasteiger partial charge in [0.15, 0.2) is 0 Å². The van der Waals surface area contributed by atoms with E-state index in [-0.39, 0.29) is 12.2 Å². The maximum atomic E-state index is 11.2. The molecule has 0 aromatic heterocycles. The molecule has 16 heavy (non-hydrogen) atoms. The standard InChI is InChI=1S/C10H15N3O3/c11-10(12,13)16-9(15)6-3-7-1-4-8(14)5-2-7/h1-2,4-5,14H,3,6,11-13H2. The number of benzene rings is 1. The first-order valence-corrected chi connectivity index (χ1v) is 4.73. The summed E-state index contributed by atoms with van der Waals surface area (Å²) in [5.74, 6) is -2.32. The molecule has 0 bridgehead atoms. The molecular formula is C10H15N3O3. The number of aryl methyl sites for hydroxylation is 1. The summed E-state index contributed by atoms with van der Waals surface area (Å²) in [4.78, 5) is 11.2. The fourth-order valence-corrected chi connectivity index (χ4v) is 1.16. The molecule has 0 saturated carbocycles. The lowest BCUT2D eigenvalue weighted by Gasteiger charge is -2.18. The highest BCUT2D eigenvalue weighted by atomic mass is 16.6. The Morgan fingerprint density at radius 3 is 2.31 bits per heavy atom. The van der Waals surface area contributed by atoms with Crippen LogP contribution in [0.1, 0.15) is 12.0 Å². The summed E-state index contributed by atoms with van der Waals surface area (Å²) in [5, 5.41) is 9.05. The summed E-state index contributed by atoms with van der Waals surface area (Å²) in [5.41, 5.74) is 16.2. The Morgan fingerprint density at radius 1 is 1.25 bits per heavy atom. The molecule has 1 aromatic carbocycles. The van der Waals surface area contributed by atoms with Crippen molar-refractivity contribution in [1.29, 1.82) is 0 Å². The van der Waals surface area contributed by atoms with Crippen LogP contribution in [0.2, 0.25) is 0 Å². The molecule has 1 rings (SSSR count). The van der Waals surface area contributed by atoms with Gasteiger partial charge in [0.2, 0.25) is 0 Å². The van der Waals surface area contributed by atoms with Crippen molar-refractivity contribution in [1.82, 2.24) is 0 Å². The van der Waals surface area contributed by atoms with Gasteiger partial charge < -0.3 is 9.84 Å². The van der Waals surface area contributed by atoms with Crippen LogP contribution in [0.15, 0.2) is 24.3 Å². The minimum Gasteiger partial charge on any atom is -0.508 e. The van der Waals surface area contributed by atoms with Crippen LogP contribution in [-0.4, -0.2) is 17.0 Å². The highest BCUT2D eigenvalue weighted by molar-refractivity contribution is 5.70. The normalized spacial score (nSPS) is 11.2. The zero-order valence-electron chi connectivity index (χ0n) is 8.72. The van der Waals surface area contributed by atoms with Gasteiger partial charge in [0.1, 0.15) is 5.75 Å². The van der Waals surface area contributed by atoms with Crippen molar-refractivity contribution in [2.45, 2.75) is 18.8 Å². The minimum atomic E-state index is -1.92. The average molecular weight is 225 g/mol. The van der Waals surface area contributed by atoms with E-state index < -0.39 is 11.9 Å². The van der Waals surface area contributed by atoms with Crippen molar-refractivity contribution < 1.29 is 14.6 Å². The predicted octanol–water partition coefficient (Wildman–Crippen LogP) is -0.645. The van der Waals surface area contributed by atoms with Gasteiger partial charge in [0.25, 0.3) is 5.97 Å². The van der Waals surface area contributed by atoms with Gasteiger partial charge in [-0.05, 0) is 24.1 Å². The second kappa shape index (κ2) is 4.93. The van der Waals surface area contributed by atoms with Crippen molar-refractivity contribution in [3.05, 3.63) is 29.8 Å². The largest absolute Gasteiger partial charge is 0.508 e. The first kappa shape index (κ1) is 12.4. The van der Waals surface area contributed by atoms with E-state index in [1.807, 2.05) is 0 Å². The Labute approximate surface area is 93.0 Å². The van der Waals surface area contributed by atoms with Crippen LogP contribution in [0.3, 0.4) is 0 Å². The van der Waals surface area contributed by atoms with Crippen molar-refractivity contribution >= 4 is 5.97 Å². The number of hydrogen-bond donors (Lipinski definition) is 4. The number of esters is 1. The van der Waals surface area contributed by atoms with Crippen LogP contribution in [-0.2, 0) is 16.0 Å². The van der Waals surface area contributed by atoms with Crippen LogP contribution in [0.4, 0.5) is 0 Å². The quantitative estimate of drug-likeness (QED) is 0.399. The fourth-order valence-electron chi connectivity index (χ4n) is 1.16. The number of carbonyl (C=O) groups excluding carboxylic acids is 1. The smallest absolute Gasteiger partial charge is 0.309 e. The molecule has 0 radical (unpaired) electrons. The van der Waals surface area contributed by atoms with Crippen LogP contribution in [0, 0.1) is 0 Å². The van der Waals surface area contributed by atoms with E-state index in [0.717, 1.165) is 5.56 Å². The van der Waals surface area contributed by atoms with Crippen molar-refractivity contribution in [3.63, 3.8) is 0 Å². The third-order valence-electron chi connectivity index (χ3n) is 1.84. The van der Waals surface area contributed by atoms with Gasteiger partial charge in [-0.25, -0.2) is 0 Å². The molecule has 0 fully saturated rings. The topological polar surface area (TPSA) is 125 Å². The van der Waals surface area contributed by atoms with Crippen LogP contribution >= 0.6 is 0 Å². The zero-order valence-corrected chi connectivity index (χ0v) is 8.72. The minimum absolute atomic E-state index is 0.123. The molecule has 0 saturated heterocycles. The van der Waals surface area contributed by atoms with Crippen LogP contribution in [0.5, 0.6) is 5.75 Å². The average Bonchev–Trinajstić information content (AvgIpc) is 2.14. The first-order chi connectivity index (χ1) is 7.37. The van der Waals surface area contributed by atoms with E-state index >= 15 is 0 Å². The lowest BCUT2D eigenvalue weighted by Crippen LogP contribution is -2.61. The SMILES string of the molecule is NC(N)(N)OC(=O)CCc1ccc(O)cc1. The Bertz CT molecular complexity index is 357. The molecule has 1 aromatic rings. The summed E-state index contributed by atoms with van der Waals surface area (Å²) in [6.07, 6.45) is 0.591. The number of rotatable bonds is 4. The van der Waals surface area contributed by atoms with Crippen LogP contribution < -0.4 is 17.2 Å². The molecule has 6 nitrogen and oxygen atoms in total. The first-order valence-electron chi connectivity index (χ1n) is 4.73. The second-order valence-electron chi connectivity index (χ2n) is 3.49. The van der Waals surface area contributed by atoms with Crippen molar-refractivity contribution in [2.24, 2.45) is 17.2 Å². The highest BCUT2D eigenvalue weighted by Gasteiger charge is 2.17. The highest BCUT2D eigenvalue weighted by Crippen LogP contribution is 2.11. The monoisotopic (exact) mass is 225 g/mol. The Morgan fingerprint density at radius 2 is 1.81 bits per heavy atom. The molecule has 0 atom stereocenters. The van der Waals surface area contributed by atoms with Crippen molar-refractivity contribution in [3.8, 4) is 5.75 Å². The molecule has 0 aliphatic heterocycles. The van der Waals surface area contributed by atoms with Crippen molar-refractivity contribution in [2.75, 3.05) is 0 Å². The number of phenolic OH excluding ortho intramolecular Hbond substituents is 1. The number of hydrogen-bond acceptors (Lipinski definition) is 6. The summed E-state index contributed by atoms with van der Waals surface area (Å²) >= 11 is 0. The van der Waals surface area contributed by atoms with E-state index in [0.29, 0.717) is 6.42 Å². The predicted molar refractivity (Wildman–Crippen MR) is 57.8 cm³/mol. The molecular weight excluding hydrogens is 210 g/mol. The molecule has 0 amide bonds. The number of carbonyl (C=O) groups is 1. The molecule has 7 N–H and O–H groups in total. The van der Waals surface area contributed by atoms with Gasteiger partial charge in [0, 0.05) is 6.42 Å². The zero-order chi connectivity index (χ0) is 12.2. The lowest BCUT2D eigenvalue weighted by atomic mass is 10.1. The Hall–Kier alpha value is -1.63. The molecule has 0 heterocycles. The third-order valence-corrected chi connectivity index (χ3v) is 1.84. The fraction of sp³-hybridized carbons (Fsp3) is 0.300. The molecule has 88 valence electrons. The Balaban J connectivity index is 2.40. The number of ether oxygens (including phenoxy) is 1. The second-order valence-corrected chi connectivity index (χ2v) is 3.49. The Kier molecular flexibility index (Phi) is 3.83. The number of nitrogens with two attached hydrogens (primary N) is 3. The molecule has 0 aliphatic rings. The maximum Gasteiger partial charge on any atom is 0.309 e.